The molecule has 0 N–H and O–H groups in total. The lowest BCUT2D eigenvalue weighted by atomic mass is 9.82. The first-order valence-corrected chi connectivity index (χ1v) is 45.5. The van der Waals surface area contributed by atoms with E-state index in [-0.39, 0.29) is 16.7 Å². The van der Waals surface area contributed by atoms with Crippen LogP contribution in [0.15, 0.2) is 298 Å². The summed E-state index contributed by atoms with van der Waals surface area (Å²) in [6.45, 7) is 5.88. The number of hydrogen-bond donors (Lipinski definition) is 0. The molecule has 4 fully saturated rings. The van der Waals surface area contributed by atoms with Gasteiger partial charge in [-0.2, -0.15) is 0 Å². The van der Waals surface area contributed by atoms with Crippen LogP contribution in [-0.2, 0) is 55.1 Å². The minimum atomic E-state index is -2.44. The van der Waals surface area contributed by atoms with E-state index in [4.69, 9.17) is 12.3 Å². The maximum Gasteiger partial charge on any atom is 0.220 e. The Morgan fingerprint density at radius 1 is 0.220 bits per heavy atom. The largest absolute Gasteiger partial charge is 0.220 e. The van der Waals surface area contributed by atoms with E-state index in [9.17, 15) is 0 Å². The Morgan fingerprint density at radius 3 is 0.821 bits per heavy atom. The van der Waals surface area contributed by atoms with Crippen molar-refractivity contribution in [3.05, 3.63) is 370 Å². The number of aromatic nitrogens is 6. The summed E-state index contributed by atoms with van der Waals surface area (Å²) >= 11 is 0. The highest BCUT2D eigenvalue weighted by Crippen LogP contribution is 2.42. The summed E-state index contributed by atoms with van der Waals surface area (Å²) < 4.78 is 84.6. The van der Waals surface area contributed by atoms with E-state index in [1.54, 1.807) is 29.8 Å². The van der Waals surface area contributed by atoms with E-state index in [1.807, 2.05) is 103 Å². The number of rotatable bonds is 14. The fourth-order valence-electron chi connectivity index (χ4n) is 19.8. The Labute approximate surface area is 752 Å². The third-order valence-electron chi connectivity index (χ3n) is 26.3. The Morgan fingerprint density at radius 2 is 0.463 bits per heavy atom. The molecule has 0 bridgehead atoms. The van der Waals surface area contributed by atoms with Crippen molar-refractivity contribution in [2.75, 3.05) is 0 Å². The fraction of sp³-hybridized carbons (Fsp3) is 0.333. The monoisotopic (exact) mass is 1640 g/mol. The second-order valence-electron chi connectivity index (χ2n) is 35.1. The van der Waals surface area contributed by atoms with E-state index in [0.717, 1.165) is 68.4 Å². The molecule has 14 aromatic rings. The van der Waals surface area contributed by atoms with Crippen molar-refractivity contribution < 1.29 is 39.7 Å². The lowest BCUT2D eigenvalue weighted by Gasteiger charge is -2.23. The molecule has 0 amide bonds. The molecular formula is C117H138N6+6. The Hall–Kier alpha value is -11.3. The van der Waals surface area contributed by atoms with Gasteiger partial charge in [0.15, 0.2) is 37.2 Å². The molecule has 123 heavy (non-hydrogen) atoms. The van der Waals surface area contributed by atoms with E-state index in [1.165, 1.54) is 231 Å². The lowest BCUT2D eigenvalue weighted by Crippen LogP contribution is -2.32. The smallest absolute Gasteiger partial charge is 0.201 e. The zero-order chi connectivity index (χ0) is 93.8. The van der Waals surface area contributed by atoms with Crippen LogP contribution in [0.5, 0.6) is 0 Å². The standard InChI is InChI=1S/C21H22N.C20H20N.C20H26N.2C19H24N.C18H22N/c1-15-9-5-6-12-18(15)21-19(13-8-14-22(21)4)20-16(2)10-7-11-17(20)3;1-15-9-4-6-11-17(15)19-13-8-14-21(3)20(19)18-12-7-5-10-16(18)2;1-16-9-6-7-13-19(16)20-18(12-8-14-21(20)2)15-17-10-4-3-5-11-17;1-15-8-3-6-12-18(15)19-17(11-7-13-20(19)2)14-16-9-4-5-10-16;1-15-9-6-7-12-17(15)19-18(13-8-14-20(19)2)16-10-4-3-5-11-16;1-14-8-3-6-11-16(14)18-17(12-7-13-19(18)2)15-9-4-5-10-15/h5-14H,1-4H3;4-14H,1-3H3;6-9,12-14,17H,3-5,10-11,15H2,1-2H3;3,6-8,11-13,16H,4-5,9-10,14H2,1-2H3;6-9,12-14,16H,3-5,10-11H2,1-2H3;3,6-8,11-13,15H,4-5,9-10H2,1-2H3/q6*+1/i2D3,3D3;1D3;;;;. The minimum absolute atomic E-state index is 0.0437. The molecule has 4 aliphatic carbocycles. The van der Waals surface area contributed by atoms with Crippen molar-refractivity contribution in [2.45, 2.75) is 202 Å². The average molecular weight is 1640 g/mol. The van der Waals surface area contributed by atoms with Crippen molar-refractivity contribution in [3.63, 3.8) is 0 Å². The zero-order valence-electron chi connectivity index (χ0n) is 84.4. The van der Waals surface area contributed by atoms with Gasteiger partial charge >= 0.3 is 0 Å². The molecular weight excluding hydrogens is 1490 g/mol. The zero-order valence-corrected chi connectivity index (χ0v) is 75.4. The van der Waals surface area contributed by atoms with E-state index < -0.39 is 20.6 Å². The maximum atomic E-state index is 7.98. The summed E-state index contributed by atoms with van der Waals surface area (Å²) in [5.41, 5.74) is 31.8. The molecule has 6 nitrogen and oxygen atoms in total. The minimum Gasteiger partial charge on any atom is -0.201 e. The molecule has 0 radical (unpaired) electrons. The lowest BCUT2D eigenvalue weighted by molar-refractivity contribution is -0.661. The highest BCUT2D eigenvalue weighted by Gasteiger charge is 2.31. The molecule has 18 rings (SSSR count). The summed E-state index contributed by atoms with van der Waals surface area (Å²) in [6, 6.07) is 88.3. The van der Waals surface area contributed by atoms with Crippen molar-refractivity contribution in [3.8, 4) is 89.8 Å². The van der Waals surface area contributed by atoms with Crippen molar-refractivity contribution >= 4 is 0 Å². The Kier molecular flexibility index (Phi) is 27.6. The molecule has 0 saturated heterocycles. The van der Waals surface area contributed by atoms with Gasteiger partial charge in [0.25, 0.3) is 0 Å². The first-order chi connectivity index (χ1) is 63.5. The summed E-state index contributed by atoms with van der Waals surface area (Å²) in [7, 11) is 12.5. The molecule has 6 heterocycles. The first-order valence-electron chi connectivity index (χ1n) is 50.0. The van der Waals surface area contributed by atoms with Gasteiger partial charge in [0.1, 0.15) is 42.3 Å². The normalized spacial score (nSPS) is 15.5. The SMILES string of the molecule is Cc1ccccc1-c1c(C2CCCC2)ccc[n+]1C.Cc1ccccc1-c1c(C2CCCCC2)ccc[n+]1C.Cc1ccccc1-c1c(CC2CCCC2)ccc[n+]1C.Cc1ccccc1-c1c(CC2CCCCC2)ccc[n+]1C.[2H]C([2H])([2H])c1cccc(C([2H])([2H])[2H])c1-c1ccc[n+](C)c1-c1ccccc1C.[2H]C([2H])([2H])c1ccccc1-c1ccc[n+](C)c1-c1ccccc1C. The van der Waals surface area contributed by atoms with Crippen LogP contribution in [0, 0.1) is 73.9 Å². The first kappa shape index (κ1) is 77.7. The van der Waals surface area contributed by atoms with Crippen LogP contribution in [0.25, 0.3) is 89.8 Å². The van der Waals surface area contributed by atoms with E-state index in [2.05, 4.69) is 264 Å². The maximum absolute atomic E-state index is 7.98. The number of pyridine rings is 6. The van der Waals surface area contributed by atoms with Crippen molar-refractivity contribution in [1.29, 1.82) is 0 Å². The Balaban J connectivity index is 0.000000135. The van der Waals surface area contributed by atoms with E-state index in [0.29, 0.717) is 11.1 Å². The van der Waals surface area contributed by atoms with Gasteiger partial charge in [-0.25, -0.2) is 27.4 Å². The molecule has 4 aliphatic rings. The number of benzene rings is 8. The molecule has 8 aromatic carbocycles. The fourth-order valence-corrected chi connectivity index (χ4v) is 19.8. The topological polar surface area (TPSA) is 23.3 Å². The van der Waals surface area contributed by atoms with Gasteiger partial charge in [0.05, 0.1) is 11.1 Å². The molecule has 6 aromatic heterocycles. The van der Waals surface area contributed by atoms with Crippen LogP contribution in [0.1, 0.15) is 212 Å². The molecule has 6 heteroatoms. The van der Waals surface area contributed by atoms with Crippen LogP contribution in [0.2, 0.25) is 0 Å². The summed E-state index contributed by atoms with van der Waals surface area (Å²) in [4.78, 5) is 0. The molecule has 0 atom stereocenters. The van der Waals surface area contributed by atoms with Crippen LogP contribution >= 0.6 is 0 Å². The summed E-state index contributed by atoms with van der Waals surface area (Å²) in [5, 5.41) is 0. The number of hydrogen-bond acceptors (Lipinski definition) is 0. The predicted molar refractivity (Wildman–Crippen MR) is 515 cm³/mol. The van der Waals surface area contributed by atoms with Gasteiger partial charge in [-0.1, -0.05) is 242 Å². The van der Waals surface area contributed by atoms with Gasteiger partial charge in [-0.05, 0) is 258 Å². The highest BCUT2D eigenvalue weighted by atomic mass is 14.9. The van der Waals surface area contributed by atoms with Crippen LogP contribution in [0.4, 0.5) is 0 Å². The molecule has 0 spiro atoms. The third kappa shape index (κ3) is 22.4. The second-order valence-corrected chi connectivity index (χ2v) is 35.1. The summed E-state index contributed by atoms with van der Waals surface area (Å²) in [6.07, 6.45) is 40.1. The van der Waals surface area contributed by atoms with E-state index >= 15 is 0 Å². The van der Waals surface area contributed by atoms with Gasteiger partial charge in [-0.3, -0.25) is 0 Å². The molecule has 630 valence electrons. The summed E-state index contributed by atoms with van der Waals surface area (Å²) in [5.74, 6) is 3.26. The number of nitrogens with zero attached hydrogens (tertiary/aromatic N) is 6. The van der Waals surface area contributed by atoms with Gasteiger partial charge < -0.3 is 0 Å². The van der Waals surface area contributed by atoms with Crippen LogP contribution in [0.3, 0.4) is 0 Å². The van der Waals surface area contributed by atoms with Gasteiger partial charge in [0.2, 0.25) is 34.2 Å². The quantitative estimate of drug-likeness (QED) is 0.0969. The second kappa shape index (κ2) is 43.6. The average Bonchev–Trinajstić information content (AvgIpc) is 0.807. The van der Waals surface area contributed by atoms with Crippen LogP contribution in [-0.4, -0.2) is 0 Å². The highest BCUT2D eigenvalue weighted by molar-refractivity contribution is 5.84. The van der Waals surface area contributed by atoms with Crippen LogP contribution < -0.4 is 27.4 Å². The van der Waals surface area contributed by atoms with Crippen molar-refractivity contribution in [1.82, 2.24) is 0 Å². The molecule has 4 saturated carbocycles. The molecule has 0 aliphatic heterocycles. The number of aryl methyl sites for hydroxylation is 15. The van der Waals surface area contributed by atoms with Crippen molar-refractivity contribution in [2.24, 2.45) is 54.1 Å². The third-order valence-corrected chi connectivity index (χ3v) is 26.3. The Bertz CT molecular complexity index is 6180. The predicted octanol–water partition coefficient (Wildman–Crippen LogP) is 26.7. The molecule has 0 unspecified atom stereocenters. The van der Waals surface area contributed by atoms with Gasteiger partial charge in [0, 0.05) is 104 Å². The van der Waals surface area contributed by atoms with Gasteiger partial charge in [-0.15, -0.1) is 0 Å².